The molecule has 0 fully saturated rings. The largest absolute Gasteiger partial charge is 0.482 e. The van der Waals surface area contributed by atoms with E-state index in [2.05, 4.69) is 5.32 Å². The van der Waals surface area contributed by atoms with Crippen molar-refractivity contribution in [3.63, 3.8) is 0 Å². The molecule has 1 rings (SSSR count). The molecule has 0 radical (unpaired) electrons. The van der Waals surface area contributed by atoms with Crippen molar-refractivity contribution >= 4 is 35.0 Å². The van der Waals surface area contributed by atoms with Crippen molar-refractivity contribution in [3.8, 4) is 5.75 Å². The molecule has 1 atom stereocenters. The van der Waals surface area contributed by atoms with Crippen LogP contribution in [0.15, 0.2) is 18.2 Å². The van der Waals surface area contributed by atoms with Crippen molar-refractivity contribution in [1.29, 1.82) is 0 Å². The molecule has 0 saturated heterocycles. The molecule has 5 nitrogen and oxygen atoms in total. The van der Waals surface area contributed by atoms with E-state index in [0.29, 0.717) is 15.8 Å². The van der Waals surface area contributed by atoms with Gasteiger partial charge < -0.3 is 15.8 Å². The number of ether oxygens (including phenoxy) is 1. The summed E-state index contributed by atoms with van der Waals surface area (Å²) >= 11 is 11.6. The molecule has 0 heterocycles. The summed E-state index contributed by atoms with van der Waals surface area (Å²) in [5, 5.41) is 3.15. The summed E-state index contributed by atoms with van der Waals surface area (Å²) in [6.07, 6.45) is 0. The van der Waals surface area contributed by atoms with E-state index in [1.54, 1.807) is 12.1 Å². The van der Waals surface area contributed by atoms with Gasteiger partial charge in [-0.2, -0.15) is 0 Å². The maximum Gasteiger partial charge on any atom is 0.258 e. The summed E-state index contributed by atoms with van der Waals surface area (Å²) in [5.74, 6) is -0.747. The van der Waals surface area contributed by atoms with Crippen molar-refractivity contribution in [2.45, 2.75) is 13.0 Å². The summed E-state index contributed by atoms with van der Waals surface area (Å²) < 4.78 is 5.18. The number of rotatable bonds is 5. The lowest BCUT2D eigenvalue weighted by atomic mass is 10.3. The van der Waals surface area contributed by atoms with Crippen LogP contribution >= 0.6 is 23.2 Å². The lowest BCUT2D eigenvalue weighted by Gasteiger charge is -2.11. The highest BCUT2D eigenvalue weighted by Gasteiger charge is 2.13. The molecule has 7 heteroatoms. The Labute approximate surface area is 114 Å². The third-order valence-corrected chi connectivity index (χ3v) is 2.59. The quantitative estimate of drug-likeness (QED) is 0.859. The molecule has 18 heavy (non-hydrogen) atoms. The Balaban J connectivity index is 2.50. The summed E-state index contributed by atoms with van der Waals surface area (Å²) in [6, 6.07) is 3.90. The lowest BCUT2D eigenvalue weighted by molar-refractivity contribution is -0.128. The maximum atomic E-state index is 11.4. The highest BCUT2D eigenvalue weighted by atomic mass is 35.5. The molecule has 0 spiro atoms. The van der Waals surface area contributed by atoms with Crippen molar-refractivity contribution in [1.82, 2.24) is 5.32 Å². The zero-order chi connectivity index (χ0) is 13.7. The number of nitrogens with two attached hydrogens (primary N) is 1. The second kappa shape index (κ2) is 6.47. The first-order valence-corrected chi connectivity index (χ1v) is 5.82. The second-order valence-electron chi connectivity index (χ2n) is 3.55. The number of nitrogens with one attached hydrogen (secondary N) is 1. The standard InChI is InChI=1S/C11H12Cl2N2O3/c1-6(11(14)17)15-10(16)5-18-9-3-2-7(12)4-8(9)13/h2-4,6H,5H2,1H3,(H2,14,17)(H,15,16). The van der Waals surface area contributed by atoms with Gasteiger partial charge in [0.25, 0.3) is 5.91 Å². The summed E-state index contributed by atoms with van der Waals surface area (Å²) in [4.78, 5) is 22.1. The topological polar surface area (TPSA) is 81.4 Å². The number of carbonyl (C=O) groups is 2. The van der Waals surface area contributed by atoms with E-state index >= 15 is 0 Å². The predicted molar refractivity (Wildman–Crippen MR) is 68.8 cm³/mol. The van der Waals surface area contributed by atoms with E-state index in [-0.39, 0.29) is 6.61 Å². The SMILES string of the molecule is CC(NC(=O)COc1ccc(Cl)cc1Cl)C(N)=O. The number of hydrogen-bond donors (Lipinski definition) is 2. The lowest BCUT2D eigenvalue weighted by Crippen LogP contribution is -2.44. The third-order valence-electron chi connectivity index (χ3n) is 2.06. The van der Waals surface area contributed by atoms with Crippen molar-refractivity contribution < 1.29 is 14.3 Å². The number of amides is 2. The minimum Gasteiger partial charge on any atom is -0.482 e. The molecular formula is C11H12Cl2N2O3. The molecule has 3 N–H and O–H groups in total. The molecule has 0 aliphatic rings. The Bertz CT molecular complexity index is 466. The van der Waals surface area contributed by atoms with Crippen molar-refractivity contribution in [2.24, 2.45) is 5.73 Å². The molecule has 0 aliphatic carbocycles. The molecule has 0 aromatic heterocycles. The number of hydrogen-bond acceptors (Lipinski definition) is 3. The van der Waals surface area contributed by atoms with Gasteiger partial charge in [0.05, 0.1) is 5.02 Å². The van der Waals surface area contributed by atoms with Gasteiger partial charge in [-0.1, -0.05) is 23.2 Å². The third kappa shape index (κ3) is 4.43. The second-order valence-corrected chi connectivity index (χ2v) is 4.40. The van der Waals surface area contributed by atoms with Gasteiger partial charge in [-0.25, -0.2) is 0 Å². The average molecular weight is 291 g/mol. The molecule has 98 valence electrons. The fraction of sp³-hybridized carbons (Fsp3) is 0.273. The first-order valence-electron chi connectivity index (χ1n) is 5.06. The molecule has 0 aliphatic heterocycles. The number of primary amides is 1. The van der Waals surface area contributed by atoms with Crippen LogP contribution in [0.2, 0.25) is 10.0 Å². The Kier molecular flexibility index (Phi) is 5.25. The normalized spacial score (nSPS) is 11.7. The van der Waals surface area contributed by atoms with E-state index in [9.17, 15) is 9.59 Å². The van der Waals surface area contributed by atoms with Crippen LogP contribution in [-0.2, 0) is 9.59 Å². The zero-order valence-corrected chi connectivity index (χ0v) is 11.1. The highest BCUT2D eigenvalue weighted by molar-refractivity contribution is 6.35. The van der Waals surface area contributed by atoms with Crippen molar-refractivity contribution in [2.75, 3.05) is 6.61 Å². The molecule has 0 bridgehead atoms. The fourth-order valence-electron chi connectivity index (χ4n) is 1.09. The molecule has 0 saturated carbocycles. The molecule has 1 unspecified atom stereocenters. The molecule has 2 amide bonds. The van der Waals surface area contributed by atoms with Gasteiger partial charge in [0.15, 0.2) is 6.61 Å². The van der Waals surface area contributed by atoms with Crippen LogP contribution in [-0.4, -0.2) is 24.5 Å². The average Bonchev–Trinajstić information content (AvgIpc) is 2.27. The van der Waals surface area contributed by atoms with Crippen LogP contribution in [0.4, 0.5) is 0 Å². The van der Waals surface area contributed by atoms with E-state index in [0.717, 1.165) is 0 Å². The Morgan fingerprint density at radius 3 is 2.67 bits per heavy atom. The fourth-order valence-corrected chi connectivity index (χ4v) is 1.55. The zero-order valence-electron chi connectivity index (χ0n) is 9.57. The predicted octanol–water partition coefficient (Wildman–Crippen LogP) is 1.36. The molecule has 1 aromatic rings. The smallest absolute Gasteiger partial charge is 0.258 e. The molecule has 1 aromatic carbocycles. The first-order chi connectivity index (χ1) is 8.40. The van der Waals surface area contributed by atoms with E-state index in [1.807, 2.05) is 0 Å². The van der Waals surface area contributed by atoms with E-state index < -0.39 is 17.9 Å². The van der Waals surface area contributed by atoms with Gasteiger partial charge in [0.1, 0.15) is 11.8 Å². The van der Waals surface area contributed by atoms with E-state index in [4.69, 9.17) is 33.7 Å². The summed E-state index contributed by atoms with van der Waals surface area (Å²) in [5.41, 5.74) is 5.00. The maximum absolute atomic E-state index is 11.4. The van der Waals surface area contributed by atoms with Gasteiger partial charge in [-0.05, 0) is 25.1 Å². The first kappa shape index (κ1) is 14.6. The Hall–Kier alpha value is -1.46. The van der Waals surface area contributed by atoms with Gasteiger partial charge >= 0.3 is 0 Å². The molecular weight excluding hydrogens is 279 g/mol. The monoisotopic (exact) mass is 290 g/mol. The van der Waals surface area contributed by atoms with Crippen LogP contribution in [0, 0.1) is 0 Å². The minimum absolute atomic E-state index is 0.265. The Morgan fingerprint density at radius 2 is 2.11 bits per heavy atom. The van der Waals surface area contributed by atoms with Crippen LogP contribution in [0.3, 0.4) is 0 Å². The number of halogens is 2. The van der Waals surface area contributed by atoms with E-state index in [1.165, 1.54) is 13.0 Å². The number of benzene rings is 1. The van der Waals surface area contributed by atoms with Gasteiger partial charge in [-0.3, -0.25) is 9.59 Å². The van der Waals surface area contributed by atoms with Crippen LogP contribution in [0.25, 0.3) is 0 Å². The van der Waals surface area contributed by atoms with Crippen LogP contribution in [0.5, 0.6) is 5.75 Å². The van der Waals surface area contributed by atoms with Crippen LogP contribution in [0.1, 0.15) is 6.92 Å². The highest BCUT2D eigenvalue weighted by Crippen LogP contribution is 2.27. The van der Waals surface area contributed by atoms with Gasteiger partial charge in [0, 0.05) is 5.02 Å². The van der Waals surface area contributed by atoms with Crippen LogP contribution < -0.4 is 15.8 Å². The summed E-state index contributed by atoms with van der Waals surface area (Å²) in [7, 11) is 0. The number of carbonyl (C=O) groups excluding carboxylic acids is 2. The van der Waals surface area contributed by atoms with Gasteiger partial charge in [0.2, 0.25) is 5.91 Å². The van der Waals surface area contributed by atoms with Crippen molar-refractivity contribution in [3.05, 3.63) is 28.2 Å². The summed E-state index contributed by atoms with van der Waals surface area (Å²) in [6.45, 7) is 1.22. The minimum atomic E-state index is -0.748. The van der Waals surface area contributed by atoms with Gasteiger partial charge in [-0.15, -0.1) is 0 Å². The Morgan fingerprint density at radius 1 is 1.44 bits per heavy atom.